The van der Waals surface area contributed by atoms with Gasteiger partial charge in [-0.25, -0.2) is 4.79 Å². The minimum Gasteiger partial charge on any atom is -0.508 e. The fourth-order valence-corrected chi connectivity index (χ4v) is 1.77. The maximum atomic E-state index is 11.6. The van der Waals surface area contributed by atoms with E-state index in [0.29, 0.717) is 39.0 Å². The van der Waals surface area contributed by atoms with Crippen molar-refractivity contribution in [3.05, 3.63) is 29.8 Å². The Morgan fingerprint density at radius 1 is 1.24 bits per heavy atom. The first-order valence-corrected chi connectivity index (χ1v) is 7.07. The first kappa shape index (κ1) is 16.8. The predicted molar refractivity (Wildman–Crippen MR) is 79.1 cm³/mol. The molecule has 3 N–H and O–H groups in total. The van der Waals surface area contributed by atoms with Gasteiger partial charge < -0.3 is 20.5 Å². The van der Waals surface area contributed by atoms with Crippen molar-refractivity contribution < 1.29 is 19.4 Å². The molecule has 6 nitrogen and oxygen atoms in total. The number of amides is 2. The number of ether oxygens (including phenoxy) is 1. The summed E-state index contributed by atoms with van der Waals surface area (Å²) in [5, 5.41) is 14.7. The van der Waals surface area contributed by atoms with Crippen LogP contribution in [-0.2, 0) is 16.0 Å². The van der Waals surface area contributed by atoms with Crippen molar-refractivity contribution in [3.8, 4) is 5.75 Å². The molecule has 0 spiro atoms. The van der Waals surface area contributed by atoms with Gasteiger partial charge in [0.25, 0.3) is 0 Å². The maximum absolute atomic E-state index is 11.6. The Morgan fingerprint density at radius 3 is 2.76 bits per heavy atom. The van der Waals surface area contributed by atoms with Crippen molar-refractivity contribution in [1.82, 2.24) is 10.6 Å². The molecular formula is C15H22N2O4. The van der Waals surface area contributed by atoms with Gasteiger partial charge in [0.15, 0.2) is 0 Å². The van der Waals surface area contributed by atoms with Crippen LogP contribution < -0.4 is 10.6 Å². The van der Waals surface area contributed by atoms with Gasteiger partial charge in [-0.15, -0.1) is 0 Å². The van der Waals surface area contributed by atoms with Gasteiger partial charge in [-0.05, 0) is 37.5 Å². The number of hydrogen-bond donors (Lipinski definition) is 3. The molecule has 0 aliphatic heterocycles. The van der Waals surface area contributed by atoms with Gasteiger partial charge in [0.1, 0.15) is 5.75 Å². The molecule has 0 fully saturated rings. The van der Waals surface area contributed by atoms with Crippen molar-refractivity contribution in [2.45, 2.75) is 26.2 Å². The number of phenolic OH excluding ortho intramolecular Hbond substituents is 1. The lowest BCUT2D eigenvalue weighted by atomic mass is 10.1. The molecule has 0 heterocycles. The molecular weight excluding hydrogens is 272 g/mol. The number of hydrogen-bond acceptors (Lipinski definition) is 4. The molecule has 0 radical (unpaired) electrons. The average molecular weight is 294 g/mol. The van der Waals surface area contributed by atoms with Crippen LogP contribution in [0, 0.1) is 0 Å². The third-order valence-electron chi connectivity index (χ3n) is 2.77. The normalized spacial score (nSPS) is 9.95. The van der Waals surface area contributed by atoms with Crippen LogP contribution in [0.25, 0.3) is 0 Å². The van der Waals surface area contributed by atoms with E-state index < -0.39 is 6.09 Å². The lowest BCUT2D eigenvalue weighted by Gasteiger charge is -2.07. The summed E-state index contributed by atoms with van der Waals surface area (Å²) in [6.45, 7) is 3.01. The van der Waals surface area contributed by atoms with Gasteiger partial charge >= 0.3 is 6.09 Å². The van der Waals surface area contributed by atoms with Crippen LogP contribution in [0.15, 0.2) is 24.3 Å². The van der Waals surface area contributed by atoms with Crippen LogP contribution in [0.3, 0.4) is 0 Å². The monoisotopic (exact) mass is 294 g/mol. The van der Waals surface area contributed by atoms with Crippen LogP contribution in [0.2, 0.25) is 0 Å². The number of carbonyl (C=O) groups excluding carboxylic acids is 2. The molecule has 2 amide bonds. The van der Waals surface area contributed by atoms with E-state index in [4.69, 9.17) is 4.74 Å². The Morgan fingerprint density at radius 2 is 2.05 bits per heavy atom. The Balaban J connectivity index is 2.07. The topological polar surface area (TPSA) is 87.7 Å². The summed E-state index contributed by atoms with van der Waals surface area (Å²) in [6, 6.07) is 6.96. The molecule has 116 valence electrons. The molecule has 21 heavy (non-hydrogen) atoms. The van der Waals surface area contributed by atoms with Gasteiger partial charge in [0.2, 0.25) is 5.91 Å². The molecule has 0 atom stereocenters. The number of nitrogens with one attached hydrogen (secondary N) is 2. The van der Waals surface area contributed by atoms with E-state index in [2.05, 4.69) is 10.6 Å². The Bertz CT molecular complexity index is 463. The zero-order valence-corrected chi connectivity index (χ0v) is 12.2. The van der Waals surface area contributed by atoms with Crippen molar-refractivity contribution in [1.29, 1.82) is 0 Å². The van der Waals surface area contributed by atoms with E-state index in [0.717, 1.165) is 5.56 Å². The molecule has 1 aromatic rings. The highest BCUT2D eigenvalue weighted by molar-refractivity contribution is 5.75. The molecule has 1 aromatic carbocycles. The van der Waals surface area contributed by atoms with E-state index in [-0.39, 0.29) is 11.7 Å². The molecule has 0 bridgehead atoms. The zero-order chi connectivity index (χ0) is 15.5. The number of rotatable bonds is 8. The van der Waals surface area contributed by atoms with E-state index in [1.165, 1.54) is 0 Å². The third kappa shape index (κ3) is 7.81. The minimum absolute atomic E-state index is 0.0548. The summed E-state index contributed by atoms with van der Waals surface area (Å²) in [5.74, 6) is 0.171. The molecule has 0 saturated carbocycles. The summed E-state index contributed by atoms with van der Waals surface area (Å²) in [6.07, 6.45) is 1.13. The summed E-state index contributed by atoms with van der Waals surface area (Å²) in [5.41, 5.74) is 0.972. The molecule has 0 aromatic heterocycles. The summed E-state index contributed by atoms with van der Waals surface area (Å²) < 4.78 is 4.70. The fourth-order valence-electron chi connectivity index (χ4n) is 1.77. The number of aromatic hydroxyl groups is 1. The van der Waals surface area contributed by atoms with Gasteiger partial charge in [-0.1, -0.05) is 12.1 Å². The number of carbonyl (C=O) groups is 2. The van der Waals surface area contributed by atoms with Gasteiger partial charge in [0.05, 0.1) is 6.61 Å². The molecule has 0 saturated heterocycles. The SMILES string of the molecule is CCOC(=O)NCCCC(=O)NCCc1cccc(O)c1. The highest BCUT2D eigenvalue weighted by Crippen LogP contribution is 2.10. The highest BCUT2D eigenvalue weighted by atomic mass is 16.5. The molecule has 0 unspecified atom stereocenters. The molecule has 0 aliphatic carbocycles. The van der Waals surface area contributed by atoms with Crippen LogP contribution in [0.4, 0.5) is 4.79 Å². The number of alkyl carbamates (subject to hydrolysis) is 1. The number of phenols is 1. The summed E-state index contributed by atoms with van der Waals surface area (Å²) in [4.78, 5) is 22.6. The van der Waals surface area contributed by atoms with Gasteiger partial charge in [-0.2, -0.15) is 0 Å². The van der Waals surface area contributed by atoms with Crippen LogP contribution in [-0.4, -0.2) is 36.8 Å². The van der Waals surface area contributed by atoms with E-state index in [1.54, 1.807) is 25.1 Å². The fraction of sp³-hybridized carbons (Fsp3) is 0.467. The molecule has 1 rings (SSSR count). The second kappa shape index (κ2) is 9.63. The lowest BCUT2D eigenvalue weighted by molar-refractivity contribution is -0.121. The Kier molecular flexibility index (Phi) is 7.71. The maximum Gasteiger partial charge on any atom is 0.407 e. The van der Waals surface area contributed by atoms with Crippen LogP contribution in [0.1, 0.15) is 25.3 Å². The third-order valence-corrected chi connectivity index (χ3v) is 2.77. The quantitative estimate of drug-likeness (QED) is 0.635. The van der Waals surface area contributed by atoms with Gasteiger partial charge in [0, 0.05) is 19.5 Å². The Labute approximate surface area is 124 Å². The van der Waals surface area contributed by atoms with E-state index in [9.17, 15) is 14.7 Å². The first-order chi connectivity index (χ1) is 10.1. The van der Waals surface area contributed by atoms with Crippen molar-refractivity contribution in [2.24, 2.45) is 0 Å². The molecule has 6 heteroatoms. The standard InChI is InChI=1S/C15H22N2O4/c1-2-21-15(20)17-9-4-7-14(19)16-10-8-12-5-3-6-13(18)11-12/h3,5-6,11,18H,2,4,7-10H2,1H3,(H,16,19)(H,17,20). The summed E-state index contributed by atoms with van der Waals surface area (Å²) in [7, 11) is 0. The molecule has 0 aliphatic rings. The van der Waals surface area contributed by atoms with Crippen LogP contribution in [0.5, 0.6) is 5.75 Å². The average Bonchev–Trinajstić information content (AvgIpc) is 2.44. The second-order valence-electron chi connectivity index (χ2n) is 4.52. The van der Waals surface area contributed by atoms with Crippen LogP contribution >= 0.6 is 0 Å². The summed E-state index contributed by atoms with van der Waals surface area (Å²) >= 11 is 0. The smallest absolute Gasteiger partial charge is 0.407 e. The van der Waals surface area contributed by atoms with E-state index >= 15 is 0 Å². The zero-order valence-electron chi connectivity index (χ0n) is 12.2. The first-order valence-electron chi connectivity index (χ1n) is 7.07. The number of benzene rings is 1. The predicted octanol–water partition coefficient (Wildman–Crippen LogP) is 1.58. The second-order valence-corrected chi connectivity index (χ2v) is 4.52. The Hall–Kier alpha value is -2.24. The minimum atomic E-state index is -0.457. The van der Waals surface area contributed by atoms with Crippen molar-refractivity contribution >= 4 is 12.0 Å². The largest absolute Gasteiger partial charge is 0.508 e. The van der Waals surface area contributed by atoms with Crippen molar-refractivity contribution in [2.75, 3.05) is 19.7 Å². The van der Waals surface area contributed by atoms with Gasteiger partial charge in [-0.3, -0.25) is 4.79 Å². The highest BCUT2D eigenvalue weighted by Gasteiger charge is 2.03. The van der Waals surface area contributed by atoms with E-state index in [1.807, 2.05) is 6.07 Å². The van der Waals surface area contributed by atoms with Crippen molar-refractivity contribution in [3.63, 3.8) is 0 Å². The lowest BCUT2D eigenvalue weighted by Crippen LogP contribution is -2.28.